The molecule has 0 unspecified atom stereocenters. The monoisotopic (exact) mass is 306 g/mol. The summed E-state index contributed by atoms with van der Waals surface area (Å²) in [5.41, 5.74) is 5.94. The van der Waals surface area contributed by atoms with Crippen molar-refractivity contribution in [3.8, 4) is 0 Å². The standard InChI is InChI=1S/C15H19ClN4O/c1-14(2,15(3,4)17)13(21)20-12-11(16)18-9-7-5-6-8-10(9)19-12/h5-8H,17H2,1-4H3,(H,19,20,21). The Morgan fingerprint density at radius 3 is 2.19 bits per heavy atom. The van der Waals surface area contributed by atoms with Gasteiger partial charge in [-0.3, -0.25) is 4.79 Å². The Labute approximate surface area is 128 Å². The molecule has 0 atom stereocenters. The van der Waals surface area contributed by atoms with E-state index in [0.717, 1.165) is 0 Å². The molecule has 1 aromatic heterocycles. The van der Waals surface area contributed by atoms with Crippen LogP contribution in [0.1, 0.15) is 27.7 Å². The highest BCUT2D eigenvalue weighted by atomic mass is 35.5. The van der Waals surface area contributed by atoms with Crippen LogP contribution in [0.25, 0.3) is 11.0 Å². The van der Waals surface area contributed by atoms with Crippen molar-refractivity contribution in [3.63, 3.8) is 0 Å². The summed E-state index contributed by atoms with van der Waals surface area (Å²) >= 11 is 6.09. The van der Waals surface area contributed by atoms with E-state index in [1.54, 1.807) is 27.7 Å². The number of aromatic nitrogens is 2. The number of benzene rings is 1. The largest absolute Gasteiger partial charge is 0.325 e. The number of rotatable bonds is 3. The summed E-state index contributed by atoms with van der Waals surface area (Å²) in [5.74, 6) is -0.000766. The molecule has 21 heavy (non-hydrogen) atoms. The highest BCUT2D eigenvalue weighted by Crippen LogP contribution is 2.31. The van der Waals surface area contributed by atoms with Crippen LogP contribution in [0.5, 0.6) is 0 Å². The minimum Gasteiger partial charge on any atom is -0.325 e. The lowest BCUT2D eigenvalue weighted by atomic mass is 9.74. The van der Waals surface area contributed by atoms with Gasteiger partial charge in [-0.15, -0.1) is 0 Å². The topological polar surface area (TPSA) is 80.9 Å². The molecular formula is C15H19ClN4O. The molecule has 0 aliphatic carbocycles. The van der Waals surface area contributed by atoms with Gasteiger partial charge in [-0.2, -0.15) is 0 Å². The molecule has 2 aromatic rings. The van der Waals surface area contributed by atoms with E-state index in [1.807, 2.05) is 24.3 Å². The lowest BCUT2D eigenvalue weighted by Gasteiger charge is -2.36. The molecule has 0 bridgehead atoms. The number of nitrogens with two attached hydrogens (primary N) is 1. The van der Waals surface area contributed by atoms with Crippen molar-refractivity contribution in [2.45, 2.75) is 33.2 Å². The summed E-state index contributed by atoms with van der Waals surface area (Å²) in [6.45, 7) is 7.18. The van der Waals surface area contributed by atoms with Crippen molar-refractivity contribution in [2.24, 2.45) is 11.1 Å². The molecule has 1 aromatic carbocycles. The summed E-state index contributed by atoms with van der Waals surface area (Å²) in [6, 6.07) is 7.33. The third kappa shape index (κ3) is 2.99. The number of carbonyl (C=O) groups is 1. The molecule has 1 amide bonds. The van der Waals surface area contributed by atoms with Gasteiger partial charge in [0.25, 0.3) is 0 Å². The maximum Gasteiger partial charge on any atom is 0.233 e. The van der Waals surface area contributed by atoms with Crippen LogP contribution in [0.3, 0.4) is 0 Å². The summed E-state index contributed by atoms with van der Waals surface area (Å²) in [7, 11) is 0. The van der Waals surface area contributed by atoms with Gasteiger partial charge in [0, 0.05) is 5.54 Å². The van der Waals surface area contributed by atoms with Crippen LogP contribution in [-0.2, 0) is 4.79 Å². The van der Waals surface area contributed by atoms with Gasteiger partial charge in [-0.05, 0) is 39.8 Å². The first-order chi connectivity index (χ1) is 9.63. The van der Waals surface area contributed by atoms with Crippen LogP contribution in [-0.4, -0.2) is 21.4 Å². The zero-order valence-electron chi connectivity index (χ0n) is 12.6. The van der Waals surface area contributed by atoms with Crippen LogP contribution >= 0.6 is 11.6 Å². The van der Waals surface area contributed by atoms with E-state index in [-0.39, 0.29) is 16.9 Å². The molecule has 0 fully saturated rings. The van der Waals surface area contributed by atoms with Gasteiger partial charge in [0.05, 0.1) is 16.4 Å². The number of nitrogens with zero attached hydrogens (tertiary/aromatic N) is 2. The van der Waals surface area contributed by atoms with E-state index in [0.29, 0.717) is 11.0 Å². The van der Waals surface area contributed by atoms with Gasteiger partial charge < -0.3 is 11.1 Å². The first kappa shape index (κ1) is 15.7. The number of nitrogens with one attached hydrogen (secondary N) is 1. The summed E-state index contributed by atoms with van der Waals surface area (Å²) in [6.07, 6.45) is 0. The summed E-state index contributed by atoms with van der Waals surface area (Å²) < 4.78 is 0. The molecule has 0 spiro atoms. The minimum absolute atomic E-state index is 0.160. The average Bonchev–Trinajstić information content (AvgIpc) is 2.38. The zero-order valence-corrected chi connectivity index (χ0v) is 13.3. The van der Waals surface area contributed by atoms with Gasteiger partial charge in [0.2, 0.25) is 5.91 Å². The van der Waals surface area contributed by atoms with Gasteiger partial charge in [-0.1, -0.05) is 23.7 Å². The van der Waals surface area contributed by atoms with Crippen molar-refractivity contribution in [2.75, 3.05) is 5.32 Å². The molecule has 6 heteroatoms. The van der Waals surface area contributed by atoms with E-state index in [2.05, 4.69) is 15.3 Å². The number of hydrogen-bond donors (Lipinski definition) is 2. The van der Waals surface area contributed by atoms with E-state index in [4.69, 9.17) is 17.3 Å². The van der Waals surface area contributed by atoms with Crippen molar-refractivity contribution in [3.05, 3.63) is 29.4 Å². The third-order valence-electron chi connectivity index (χ3n) is 3.94. The molecule has 0 saturated carbocycles. The SMILES string of the molecule is CC(C)(N)C(C)(C)C(=O)Nc1nc2ccccc2nc1Cl. The highest BCUT2D eigenvalue weighted by molar-refractivity contribution is 6.32. The molecule has 2 rings (SSSR count). The zero-order chi connectivity index (χ0) is 15.8. The number of carbonyl (C=O) groups excluding carboxylic acids is 1. The Balaban J connectivity index is 2.36. The van der Waals surface area contributed by atoms with Crippen LogP contribution in [0.4, 0.5) is 5.82 Å². The Bertz CT molecular complexity index is 692. The van der Waals surface area contributed by atoms with E-state index in [9.17, 15) is 4.79 Å². The molecule has 3 N–H and O–H groups in total. The number of halogens is 1. The van der Waals surface area contributed by atoms with Crippen molar-refractivity contribution >= 4 is 34.4 Å². The normalized spacial score (nSPS) is 12.5. The van der Waals surface area contributed by atoms with E-state index in [1.165, 1.54) is 0 Å². The number of para-hydroxylation sites is 2. The molecule has 0 aliphatic rings. The molecule has 0 radical (unpaired) electrons. The molecule has 112 valence electrons. The van der Waals surface area contributed by atoms with Gasteiger partial charge in [0.1, 0.15) is 0 Å². The van der Waals surface area contributed by atoms with Gasteiger partial charge >= 0.3 is 0 Å². The van der Waals surface area contributed by atoms with Crippen LogP contribution in [0.2, 0.25) is 5.15 Å². The van der Waals surface area contributed by atoms with Crippen LogP contribution < -0.4 is 11.1 Å². The van der Waals surface area contributed by atoms with Crippen molar-refractivity contribution < 1.29 is 4.79 Å². The second-order valence-electron chi connectivity index (χ2n) is 6.15. The fraction of sp³-hybridized carbons (Fsp3) is 0.400. The third-order valence-corrected chi connectivity index (χ3v) is 4.20. The Kier molecular flexibility index (Phi) is 3.91. The average molecular weight is 307 g/mol. The van der Waals surface area contributed by atoms with E-state index >= 15 is 0 Å². The number of amides is 1. The second-order valence-corrected chi connectivity index (χ2v) is 6.51. The Hall–Kier alpha value is -1.72. The Morgan fingerprint density at radius 2 is 1.67 bits per heavy atom. The number of fused-ring (bicyclic) bond motifs is 1. The predicted molar refractivity (Wildman–Crippen MR) is 85.2 cm³/mol. The van der Waals surface area contributed by atoms with Gasteiger partial charge in [-0.25, -0.2) is 9.97 Å². The predicted octanol–water partition coefficient (Wildman–Crippen LogP) is 2.99. The minimum atomic E-state index is -0.788. The Morgan fingerprint density at radius 1 is 1.14 bits per heavy atom. The molecule has 0 saturated heterocycles. The fourth-order valence-electron chi connectivity index (χ4n) is 1.61. The van der Waals surface area contributed by atoms with Crippen LogP contribution in [0.15, 0.2) is 24.3 Å². The summed E-state index contributed by atoms with van der Waals surface area (Å²) in [4.78, 5) is 21.0. The lowest BCUT2D eigenvalue weighted by molar-refractivity contribution is -0.126. The fourth-order valence-corrected chi connectivity index (χ4v) is 1.80. The summed E-state index contributed by atoms with van der Waals surface area (Å²) in [5, 5.41) is 2.88. The second kappa shape index (κ2) is 5.24. The van der Waals surface area contributed by atoms with Gasteiger partial charge in [0.15, 0.2) is 11.0 Å². The van der Waals surface area contributed by atoms with E-state index < -0.39 is 11.0 Å². The van der Waals surface area contributed by atoms with Crippen molar-refractivity contribution in [1.82, 2.24) is 9.97 Å². The molecule has 5 nitrogen and oxygen atoms in total. The smallest absolute Gasteiger partial charge is 0.233 e. The molecular weight excluding hydrogens is 288 g/mol. The molecule has 0 aliphatic heterocycles. The maximum absolute atomic E-state index is 12.5. The number of anilines is 1. The quantitative estimate of drug-likeness (QED) is 0.913. The first-order valence-corrected chi connectivity index (χ1v) is 7.03. The van der Waals surface area contributed by atoms with Crippen molar-refractivity contribution in [1.29, 1.82) is 0 Å². The first-order valence-electron chi connectivity index (χ1n) is 6.65. The molecule has 1 heterocycles. The van der Waals surface area contributed by atoms with Crippen LogP contribution in [0, 0.1) is 5.41 Å². The highest BCUT2D eigenvalue weighted by Gasteiger charge is 2.40. The number of hydrogen-bond acceptors (Lipinski definition) is 4. The maximum atomic E-state index is 12.5. The lowest BCUT2D eigenvalue weighted by Crippen LogP contribution is -2.53.